The van der Waals surface area contributed by atoms with Gasteiger partial charge >= 0.3 is 0 Å². The third-order valence-corrected chi connectivity index (χ3v) is 7.17. The van der Waals surface area contributed by atoms with Gasteiger partial charge in [-0.3, -0.25) is 9.59 Å². The van der Waals surface area contributed by atoms with Gasteiger partial charge in [0.05, 0.1) is 24.7 Å². The van der Waals surface area contributed by atoms with Crippen LogP contribution in [0.15, 0.2) is 47.4 Å². The summed E-state index contributed by atoms with van der Waals surface area (Å²) in [6.45, 7) is 1.96. The van der Waals surface area contributed by atoms with Crippen LogP contribution in [0.25, 0.3) is 0 Å². The zero-order valence-corrected chi connectivity index (χ0v) is 19.1. The molecule has 0 radical (unpaired) electrons. The van der Waals surface area contributed by atoms with E-state index in [1.807, 2.05) is 0 Å². The van der Waals surface area contributed by atoms with Gasteiger partial charge in [0.2, 0.25) is 15.9 Å². The number of rotatable bonds is 7. The van der Waals surface area contributed by atoms with E-state index in [2.05, 4.69) is 10.6 Å². The van der Waals surface area contributed by atoms with E-state index in [9.17, 15) is 18.0 Å². The lowest BCUT2D eigenvalue weighted by Crippen LogP contribution is -2.46. The minimum Gasteiger partial charge on any atom is -0.497 e. The lowest BCUT2D eigenvalue weighted by Gasteiger charge is -2.31. The highest BCUT2D eigenvalue weighted by Gasteiger charge is 2.30. The molecule has 1 aliphatic rings. The highest BCUT2D eigenvalue weighted by atomic mass is 32.2. The third kappa shape index (κ3) is 5.38. The number of nitrogens with zero attached hydrogens (tertiary/aromatic N) is 1. The van der Waals surface area contributed by atoms with Crippen molar-refractivity contribution < 1.29 is 27.5 Å². The summed E-state index contributed by atoms with van der Waals surface area (Å²) in [6, 6.07) is 10.9. The monoisotopic (exact) mass is 461 g/mol. The minimum atomic E-state index is -3.66. The van der Waals surface area contributed by atoms with Gasteiger partial charge < -0.3 is 20.1 Å². The van der Waals surface area contributed by atoms with Crippen molar-refractivity contribution in [2.75, 3.05) is 32.6 Å². The van der Waals surface area contributed by atoms with E-state index in [4.69, 9.17) is 9.47 Å². The fraction of sp³-hybridized carbons (Fsp3) is 0.364. The average molecular weight is 462 g/mol. The molecular weight excluding hydrogens is 434 g/mol. The van der Waals surface area contributed by atoms with Crippen molar-refractivity contribution in [3.8, 4) is 11.5 Å². The largest absolute Gasteiger partial charge is 0.497 e. The Labute approximate surface area is 187 Å². The molecule has 0 atom stereocenters. The SMILES string of the molecule is COc1ccc(OC)c(C(=O)NC2CCN(S(=O)(=O)c3ccc(NC(C)=O)cc3)CC2)c1. The molecule has 1 heterocycles. The van der Waals surface area contributed by atoms with Crippen LogP contribution < -0.4 is 20.1 Å². The predicted molar refractivity (Wildman–Crippen MR) is 120 cm³/mol. The van der Waals surface area contributed by atoms with Crippen molar-refractivity contribution in [3.63, 3.8) is 0 Å². The van der Waals surface area contributed by atoms with Crippen molar-refractivity contribution >= 4 is 27.5 Å². The van der Waals surface area contributed by atoms with Crippen molar-refractivity contribution in [2.45, 2.75) is 30.7 Å². The smallest absolute Gasteiger partial charge is 0.255 e. The molecule has 32 heavy (non-hydrogen) atoms. The molecule has 0 saturated carbocycles. The summed E-state index contributed by atoms with van der Waals surface area (Å²) < 4.78 is 37.8. The Balaban J connectivity index is 1.62. The van der Waals surface area contributed by atoms with Crippen LogP contribution in [-0.2, 0) is 14.8 Å². The Morgan fingerprint density at radius 2 is 1.66 bits per heavy atom. The fourth-order valence-electron chi connectivity index (χ4n) is 3.56. The first kappa shape index (κ1) is 23.6. The maximum atomic E-state index is 12.9. The maximum absolute atomic E-state index is 12.9. The number of anilines is 1. The highest BCUT2D eigenvalue weighted by Crippen LogP contribution is 2.25. The summed E-state index contributed by atoms with van der Waals surface area (Å²) in [5.74, 6) is 0.458. The Hall–Kier alpha value is -3.11. The van der Waals surface area contributed by atoms with Gasteiger partial charge in [0.15, 0.2) is 0 Å². The number of methoxy groups -OCH3 is 2. The zero-order valence-electron chi connectivity index (χ0n) is 18.3. The number of piperidine rings is 1. The second-order valence-electron chi connectivity index (χ2n) is 7.42. The molecule has 1 saturated heterocycles. The van der Waals surface area contributed by atoms with Gasteiger partial charge in [-0.1, -0.05) is 0 Å². The van der Waals surface area contributed by atoms with Crippen LogP contribution in [0.1, 0.15) is 30.1 Å². The molecule has 0 unspecified atom stereocenters. The molecule has 0 aliphatic carbocycles. The van der Waals surface area contributed by atoms with E-state index in [1.54, 1.807) is 30.3 Å². The van der Waals surface area contributed by atoms with E-state index >= 15 is 0 Å². The topological polar surface area (TPSA) is 114 Å². The van der Waals surface area contributed by atoms with E-state index < -0.39 is 10.0 Å². The number of carbonyl (C=O) groups is 2. The van der Waals surface area contributed by atoms with Gasteiger partial charge in [-0.15, -0.1) is 0 Å². The summed E-state index contributed by atoms with van der Waals surface area (Å²) in [6.07, 6.45) is 0.975. The normalized spacial score (nSPS) is 15.1. The molecule has 9 nitrogen and oxygen atoms in total. The highest BCUT2D eigenvalue weighted by molar-refractivity contribution is 7.89. The van der Waals surface area contributed by atoms with Crippen LogP contribution >= 0.6 is 0 Å². The van der Waals surface area contributed by atoms with Crippen LogP contribution in [-0.4, -0.2) is 57.9 Å². The standard InChI is InChI=1S/C22H27N3O6S/c1-15(26)23-16-4-7-19(8-5-16)32(28,29)25-12-10-17(11-13-25)24-22(27)20-14-18(30-2)6-9-21(20)31-3/h4-9,14,17H,10-13H2,1-3H3,(H,23,26)(H,24,27). The van der Waals surface area contributed by atoms with Crippen LogP contribution in [0.2, 0.25) is 0 Å². The van der Waals surface area contributed by atoms with Crippen molar-refractivity contribution in [3.05, 3.63) is 48.0 Å². The van der Waals surface area contributed by atoms with E-state index in [1.165, 1.54) is 37.6 Å². The summed E-state index contributed by atoms with van der Waals surface area (Å²) in [4.78, 5) is 24.0. The molecule has 0 aromatic heterocycles. The summed E-state index contributed by atoms with van der Waals surface area (Å²) in [5, 5.41) is 5.57. The third-order valence-electron chi connectivity index (χ3n) is 5.25. The molecule has 3 rings (SSSR count). The van der Waals surface area contributed by atoms with Crippen molar-refractivity contribution in [2.24, 2.45) is 0 Å². The van der Waals surface area contributed by atoms with E-state index in [0.717, 1.165) is 0 Å². The van der Waals surface area contributed by atoms with Gasteiger partial charge in [0.25, 0.3) is 5.91 Å². The van der Waals surface area contributed by atoms with Crippen LogP contribution in [0.3, 0.4) is 0 Å². The number of nitrogens with one attached hydrogen (secondary N) is 2. The molecule has 1 fully saturated rings. The Morgan fingerprint density at radius 1 is 1.00 bits per heavy atom. The lowest BCUT2D eigenvalue weighted by molar-refractivity contribution is -0.114. The Kier molecular flexibility index (Phi) is 7.37. The van der Waals surface area contributed by atoms with Crippen LogP contribution in [0.5, 0.6) is 11.5 Å². The van der Waals surface area contributed by atoms with Crippen LogP contribution in [0, 0.1) is 0 Å². The number of benzene rings is 2. The molecule has 2 N–H and O–H groups in total. The number of hydrogen-bond acceptors (Lipinski definition) is 6. The van der Waals surface area contributed by atoms with Gasteiger partial charge in [0, 0.05) is 31.7 Å². The summed E-state index contributed by atoms with van der Waals surface area (Å²) >= 11 is 0. The van der Waals surface area contributed by atoms with Gasteiger partial charge in [-0.05, 0) is 55.3 Å². The zero-order chi connectivity index (χ0) is 23.3. The molecular formula is C22H27N3O6S. The fourth-order valence-corrected chi connectivity index (χ4v) is 5.03. The second kappa shape index (κ2) is 10.0. The van der Waals surface area contributed by atoms with Crippen LogP contribution in [0.4, 0.5) is 5.69 Å². The summed E-state index contributed by atoms with van der Waals surface area (Å²) in [5.41, 5.74) is 0.895. The first-order chi connectivity index (χ1) is 15.2. The number of sulfonamides is 1. The Bertz CT molecular complexity index is 1080. The minimum absolute atomic E-state index is 0.160. The molecule has 10 heteroatoms. The van der Waals surface area contributed by atoms with Gasteiger partial charge in [0.1, 0.15) is 11.5 Å². The maximum Gasteiger partial charge on any atom is 0.255 e. The van der Waals surface area contributed by atoms with E-state index in [-0.39, 0.29) is 35.8 Å². The number of amides is 2. The number of ether oxygens (including phenoxy) is 2. The number of hydrogen-bond donors (Lipinski definition) is 2. The molecule has 0 spiro atoms. The second-order valence-corrected chi connectivity index (χ2v) is 9.36. The van der Waals surface area contributed by atoms with Gasteiger partial charge in [-0.25, -0.2) is 8.42 Å². The lowest BCUT2D eigenvalue weighted by atomic mass is 10.1. The molecule has 1 aliphatic heterocycles. The molecule has 2 amide bonds. The quantitative estimate of drug-likeness (QED) is 0.654. The molecule has 2 aromatic rings. The Morgan fingerprint density at radius 3 is 2.22 bits per heavy atom. The van der Waals surface area contributed by atoms with Crippen molar-refractivity contribution in [1.82, 2.24) is 9.62 Å². The first-order valence-corrected chi connectivity index (χ1v) is 11.6. The number of carbonyl (C=O) groups excluding carboxylic acids is 2. The average Bonchev–Trinajstić information content (AvgIpc) is 2.79. The van der Waals surface area contributed by atoms with Gasteiger partial charge in [-0.2, -0.15) is 4.31 Å². The first-order valence-electron chi connectivity index (χ1n) is 10.2. The predicted octanol–water partition coefficient (Wildman–Crippen LogP) is 2.25. The summed E-state index contributed by atoms with van der Waals surface area (Å²) in [7, 11) is -0.648. The molecule has 172 valence electrons. The van der Waals surface area contributed by atoms with Crippen molar-refractivity contribution in [1.29, 1.82) is 0 Å². The molecule has 0 bridgehead atoms. The molecule has 2 aromatic carbocycles. The van der Waals surface area contributed by atoms with E-state index in [0.29, 0.717) is 35.6 Å².